The lowest BCUT2D eigenvalue weighted by molar-refractivity contribution is 0.584. The molecule has 0 fully saturated rings. The molecule has 3 heterocycles. The molecule has 3 aromatic rings. The fourth-order valence-electron chi connectivity index (χ4n) is 1.22. The zero-order chi connectivity index (χ0) is 9.38. The first-order valence-corrected chi connectivity index (χ1v) is 3.93. The summed E-state index contributed by atoms with van der Waals surface area (Å²) in [6, 6.07) is 0. The third-order valence-electron chi connectivity index (χ3n) is 1.82. The van der Waals surface area contributed by atoms with Gasteiger partial charge in [0.05, 0.1) is 6.20 Å². The van der Waals surface area contributed by atoms with Crippen LogP contribution in [0.25, 0.3) is 11.2 Å². The van der Waals surface area contributed by atoms with Gasteiger partial charge in [-0.15, -0.1) is 5.10 Å². The minimum absolute atomic E-state index is 0.700. The molecule has 0 atom stereocenters. The summed E-state index contributed by atoms with van der Waals surface area (Å²) in [6.45, 7) is 0. The van der Waals surface area contributed by atoms with Crippen molar-refractivity contribution in [1.82, 2.24) is 34.5 Å². The lowest BCUT2D eigenvalue weighted by atomic mass is 10.6. The van der Waals surface area contributed by atoms with E-state index in [0.717, 1.165) is 5.52 Å². The molecule has 0 unspecified atom stereocenters. The second kappa shape index (κ2) is 2.59. The van der Waals surface area contributed by atoms with Crippen LogP contribution in [0.2, 0.25) is 0 Å². The summed E-state index contributed by atoms with van der Waals surface area (Å²) < 4.78 is 1.68. The smallest absolute Gasteiger partial charge is 0.184 e. The van der Waals surface area contributed by atoms with E-state index in [-0.39, 0.29) is 0 Å². The van der Waals surface area contributed by atoms with Crippen LogP contribution < -0.4 is 0 Å². The Labute approximate surface area is 78.0 Å². The van der Waals surface area contributed by atoms with Gasteiger partial charge in [-0.2, -0.15) is 4.79 Å². The van der Waals surface area contributed by atoms with Crippen LogP contribution in [0.1, 0.15) is 0 Å². The maximum Gasteiger partial charge on any atom is 0.184 e. The second-order valence-electron chi connectivity index (χ2n) is 2.64. The Kier molecular flexibility index (Phi) is 1.32. The summed E-state index contributed by atoms with van der Waals surface area (Å²) in [6.07, 6.45) is 7.76. The molecule has 3 rings (SSSR count). The van der Waals surface area contributed by atoms with Gasteiger partial charge in [-0.05, 0) is 0 Å². The summed E-state index contributed by atoms with van der Waals surface area (Å²) in [5.74, 6) is 0. The molecule has 0 radical (unpaired) electrons. The van der Waals surface area contributed by atoms with Crippen LogP contribution in [-0.2, 0) is 0 Å². The maximum absolute atomic E-state index is 4.12. The van der Waals surface area contributed by atoms with E-state index in [1.54, 1.807) is 28.3 Å². The van der Waals surface area contributed by atoms with Crippen molar-refractivity contribution in [1.29, 1.82) is 0 Å². The van der Waals surface area contributed by atoms with E-state index in [1.165, 1.54) is 12.7 Å². The number of nitrogens with zero attached hydrogens (tertiary/aromatic N) is 7. The van der Waals surface area contributed by atoms with Crippen LogP contribution in [0.15, 0.2) is 31.5 Å². The minimum atomic E-state index is 0.700. The van der Waals surface area contributed by atoms with Gasteiger partial charge in [0.2, 0.25) is 0 Å². The summed E-state index contributed by atoms with van der Waals surface area (Å²) in [5.41, 5.74) is 1.42. The highest BCUT2D eigenvalue weighted by molar-refractivity contribution is 5.68. The van der Waals surface area contributed by atoms with Crippen LogP contribution in [0.3, 0.4) is 0 Å². The standard InChI is InChI=1S/C7H5N7/c1-6-7(10-2-8-1)13(5-11-6)14-4-9-3-12-14/h1-5H. The Hall–Kier alpha value is -2.31. The number of hydrogen-bond donors (Lipinski definition) is 0. The van der Waals surface area contributed by atoms with Crippen LogP contribution in [0.4, 0.5) is 0 Å². The molecule has 0 aliphatic heterocycles. The average Bonchev–Trinajstić information content (AvgIpc) is 2.85. The average molecular weight is 187 g/mol. The Morgan fingerprint density at radius 1 is 1.00 bits per heavy atom. The number of imidazole rings is 1. The van der Waals surface area contributed by atoms with Gasteiger partial charge in [-0.25, -0.2) is 24.6 Å². The summed E-state index contributed by atoms with van der Waals surface area (Å²) in [4.78, 5) is 17.5. The van der Waals surface area contributed by atoms with Crippen LogP contribution in [-0.4, -0.2) is 34.5 Å². The quantitative estimate of drug-likeness (QED) is 0.524. The molecule has 3 aromatic heterocycles. The van der Waals surface area contributed by atoms with Gasteiger partial charge < -0.3 is 0 Å². The molecule has 0 aromatic carbocycles. The predicted molar refractivity (Wildman–Crippen MR) is 46.1 cm³/mol. The van der Waals surface area contributed by atoms with Crippen molar-refractivity contribution in [3.05, 3.63) is 31.5 Å². The third-order valence-corrected chi connectivity index (χ3v) is 1.82. The molecule has 0 aliphatic rings. The molecule has 7 heteroatoms. The molecule has 0 saturated heterocycles. The highest BCUT2D eigenvalue weighted by Gasteiger charge is 2.04. The second-order valence-corrected chi connectivity index (χ2v) is 2.64. The van der Waals surface area contributed by atoms with Crippen molar-refractivity contribution >= 4 is 11.2 Å². The van der Waals surface area contributed by atoms with Crippen molar-refractivity contribution in [3.8, 4) is 0 Å². The molecule has 0 amide bonds. The van der Waals surface area contributed by atoms with E-state index in [4.69, 9.17) is 0 Å². The molecule has 0 bridgehead atoms. The normalized spacial score (nSPS) is 10.9. The third kappa shape index (κ3) is 0.889. The predicted octanol–water partition coefficient (Wildman–Crippen LogP) is -0.271. The highest BCUT2D eigenvalue weighted by Crippen LogP contribution is 2.06. The number of rotatable bonds is 1. The summed E-state index contributed by atoms with van der Waals surface area (Å²) in [7, 11) is 0. The molecule has 0 aliphatic carbocycles. The lowest BCUT2D eigenvalue weighted by Gasteiger charge is -1.99. The summed E-state index contributed by atoms with van der Waals surface area (Å²) >= 11 is 0. The van der Waals surface area contributed by atoms with Gasteiger partial charge in [0.1, 0.15) is 30.8 Å². The monoisotopic (exact) mass is 187 g/mol. The Morgan fingerprint density at radius 3 is 2.86 bits per heavy atom. The lowest BCUT2D eigenvalue weighted by Crippen LogP contribution is -2.08. The fraction of sp³-hybridized carbons (Fsp3) is 0. The molecule has 0 spiro atoms. The van der Waals surface area contributed by atoms with Gasteiger partial charge in [0.25, 0.3) is 0 Å². The molecule has 68 valence electrons. The molecule has 0 N–H and O–H groups in total. The van der Waals surface area contributed by atoms with Gasteiger partial charge in [-0.1, -0.05) is 0 Å². The Bertz CT molecular complexity index is 552. The molecular formula is C7H5N7. The van der Waals surface area contributed by atoms with E-state index < -0.39 is 0 Å². The van der Waals surface area contributed by atoms with E-state index >= 15 is 0 Å². The first-order chi connectivity index (χ1) is 6.95. The van der Waals surface area contributed by atoms with Crippen LogP contribution in [0, 0.1) is 0 Å². The fourth-order valence-corrected chi connectivity index (χ4v) is 1.22. The molecule has 7 nitrogen and oxygen atoms in total. The van der Waals surface area contributed by atoms with Gasteiger partial charge in [0.15, 0.2) is 5.65 Å². The Balaban J connectivity index is 2.33. The SMILES string of the molecule is c1ncc2ncn(-n3cncn3)c2n1. The zero-order valence-electron chi connectivity index (χ0n) is 7.02. The first-order valence-electron chi connectivity index (χ1n) is 3.93. The van der Waals surface area contributed by atoms with Gasteiger partial charge in [-0.3, -0.25) is 0 Å². The van der Waals surface area contributed by atoms with Crippen molar-refractivity contribution in [2.75, 3.05) is 0 Å². The maximum atomic E-state index is 4.12. The topological polar surface area (TPSA) is 74.3 Å². The van der Waals surface area contributed by atoms with Gasteiger partial charge in [0, 0.05) is 0 Å². The molecule has 0 saturated carbocycles. The zero-order valence-corrected chi connectivity index (χ0v) is 7.02. The van der Waals surface area contributed by atoms with Gasteiger partial charge >= 0.3 is 0 Å². The molecule has 14 heavy (non-hydrogen) atoms. The number of hydrogen-bond acceptors (Lipinski definition) is 5. The van der Waals surface area contributed by atoms with Crippen LogP contribution >= 0.6 is 0 Å². The highest BCUT2D eigenvalue weighted by atomic mass is 15.6. The summed E-state index contributed by atoms with van der Waals surface area (Å²) in [5, 5.41) is 3.98. The number of fused-ring (bicyclic) bond motifs is 1. The van der Waals surface area contributed by atoms with Crippen molar-refractivity contribution < 1.29 is 0 Å². The van der Waals surface area contributed by atoms with E-state index in [0.29, 0.717) is 5.65 Å². The van der Waals surface area contributed by atoms with E-state index in [2.05, 4.69) is 25.0 Å². The van der Waals surface area contributed by atoms with Crippen molar-refractivity contribution in [2.45, 2.75) is 0 Å². The van der Waals surface area contributed by atoms with Crippen LogP contribution in [0.5, 0.6) is 0 Å². The first kappa shape index (κ1) is 7.13. The largest absolute Gasteiger partial charge is 0.242 e. The molecular weight excluding hydrogens is 182 g/mol. The Morgan fingerprint density at radius 2 is 2.00 bits per heavy atom. The van der Waals surface area contributed by atoms with E-state index in [1.807, 2.05) is 0 Å². The van der Waals surface area contributed by atoms with Crippen molar-refractivity contribution in [3.63, 3.8) is 0 Å². The van der Waals surface area contributed by atoms with Crippen molar-refractivity contribution in [2.24, 2.45) is 0 Å². The minimum Gasteiger partial charge on any atom is -0.242 e. The van der Waals surface area contributed by atoms with E-state index in [9.17, 15) is 0 Å². The number of aromatic nitrogens is 7.